The van der Waals surface area contributed by atoms with Gasteiger partial charge in [-0.25, -0.2) is 13.2 Å². The topological polar surface area (TPSA) is 9.23 Å². The zero-order valence-electron chi connectivity index (χ0n) is 23.2. The van der Waals surface area contributed by atoms with Gasteiger partial charge >= 0.3 is 0 Å². The van der Waals surface area contributed by atoms with Crippen molar-refractivity contribution in [1.29, 1.82) is 0 Å². The van der Waals surface area contributed by atoms with Crippen molar-refractivity contribution in [1.82, 2.24) is 0 Å². The summed E-state index contributed by atoms with van der Waals surface area (Å²) in [6.45, 7) is 6.61. The quantitative estimate of drug-likeness (QED) is 0.156. The lowest BCUT2D eigenvalue weighted by molar-refractivity contribution is -0.0207. The Morgan fingerprint density at radius 3 is 2.23 bits per heavy atom. The maximum atomic E-state index is 15.1. The molecule has 0 amide bonds. The van der Waals surface area contributed by atoms with Gasteiger partial charge in [0.05, 0.1) is 12.7 Å². The molecule has 0 N–H and O–H groups in total. The van der Waals surface area contributed by atoms with Gasteiger partial charge in [0.2, 0.25) is 0 Å². The Morgan fingerprint density at radius 1 is 0.821 bits per heavy atom. The molecule has 3 aromatic rings. The summed E-state index contributed by atoms with van der Waals surface area (Å²) in [7, 11) is 0. The van der Waals surface area contributed by atoms with Gasteiger partial charge in [0.1, 0.15) is 5.82 Å². The van der Waals surface area contributed by atoms with Crippen molar-refractivity contribution in [3.63, 3.8) is 0 Å². The number of aryl methyl sites for hydroxylation is 1. The smallest absolute Gasteiger partial charge is 0.166 e. The molecule has 1 nitrogen and oxygen atoms in total. The minimum absolute atomic E-state index is 0.219. The van der Waals surface area contributed by atoms with E-state index in [0.717, 1.165) is 56.1 Å². The molecule has 208 valence electrons. The maximum absolute atomic E-state index is 15.1. The van der Waals surface area contributed by atoms with Gasteiger partial charge in [-0.2, -0.15) is 0 Å². The highest BCUT2D eigenvalue weighted by Crippen LogP contribution is 2.35. The van der Waals surface area contributed by atoms with Crippen LogP contribution in [0.2, 0.25) is 0 Å². The second-order valence-corrected chi connectivity index (χ2v) is 10.9. The van der Waals surface area contributed by atoms with Crippen LogP contribution in [0, 0.1) is 23.4 Å². The highest BCUT2D eigenvalue weighted by atomic mass is 19.2. The summed E-state index contributed by atoms with van der Waals surface area (Å²) in [6, 6.07) is 15.8. The third-order valence-electron chi connectivity index (χ3n) is 7.99. The van der Waals surface area contributed by atoms with E-state index in [0.29, 0.717) is 35.6 Å². The number of ether oxygens (including phenoxy) is 1. The first-order valence-electron chi connectivity index (χ1n) is 14.6. The van der Waals surface area contributed by atoms with Crippen LogP contribution in [0.5, 0.6) is 0 Å². The van der Waals surface area contributed by atoms with Crippen LogP contribution in [0.4, 0.5) is 13.2 Å². The molecule has 0 bridgehead atoms. The van der Waals surface area contributed by atoms with Gasteiger partial charge in [0, 0.05) is 11.1 Å². The first kappa shape index (κ1) is 29.1. The Morgan fingerprint density at radius 2 is 1.54 bits per heavy atom. The molecule has 1 aliphatic heterocycles. The summed E-state index contributed by atoms with van der Waals surface area (Å²) < 4.78 is 50.8. The molecule has 0 aromatic heterocycles. The highest BCUT2D eigenvalue weighted by Gasteiger charge is 2.25. The average Bonchev–Trinajstić information content (AvgIpc) is 2.96. The molecule has 1 heterocycles. The van der Waals surface area contributed by atoms with E-state index in [9.17, 15) is 8.78 Å². The molecule has 1 aliphatic rings. The fourth-order valence-electron chi connectivity index (χ4n) is 5.54. The molecule has 3 aromatic carbocycles. The zero-order chi connectivity index (χ0) is 27.6. The second kappa shape index (κ2) is 14.5. The van der Waals surface area contributed by atoms with Crippen LogP contribution >= 0.6 is 0 Å². The number of hydrogen-bond acceptors (Lipinski definition) is 1. The molecule has 4 heteroatoms. The van der Waals surface area contributed by atoms with Gasteiger partial charge in [0.15, 0.2) is 11.6 Å². The molecule has 2 unspecified atom stereocenters. The van der Waals surface area contributed by atoms with Crippen molar-refractivity contribution in [2.45, 2.75) is 83.7 Å². The minimum atomic E-state index is -0.805. The molecule has 0 aliphatic carbocycles. The lowest BCUT2D eigenvalue weighted by atomic mass is 9.90. The summed E-state index contributed by atoms with van der Waals surface area (Å²) in [6.07, 6.45) is 12.8. The van der Waals surface area contributed by atoms with Crippen molar-refractivity contribution in [2.24, 2.45) is 5.92 Å². The Kier molecular flexibility index (Phi) is 10.8. The Hall–Kier alpha value is -2.85. The lowest BCUT2D eigenvalue weighted by Gasteiger charge is -2.29. The number of rotatable bonds is 13. The minimum Gasteiger partial charge on any atom is -0.373 e. The Labute approximate surface area is 232 Å². The highest BCUT2D eigenvalue weighted by molar-refractivity contribution is 5.71. The Balaban J connectivity index is 1.39. The number of allylic oxidation sites excluding steroid dienone is 1. The standard InChI is InChI=1S/C35H41F3O/c1-3-5-7-8-9-10-12-28-18-20-30(35(38)34(28)37)27-16-14-26(15-17-27)29-19-21-31(32(36)23-29)33-22-13-25(24-39-33)11-6-4-2/h4,14-21,23,25,33H,2-3,5-13,22,24H2,1H3. The van der Waals surface area contributed by atoms with Gasteiger partial charge in [-0.1, -0.05) is 93.6 Å². The van der Waals surface area contributed by atoms with E-state index in [1.54, 1.807) is 24.3 Å². The Bertz CT molecular complexity index is 1210. The van der Waals surface area contributed by atoms with E-state index in [1.165, 1.54) is 25.3 Å². The molecular weight excluding hydrogens is 493 g/mol. The van der Waals surface area contributed by atoms with Gasteiger partial charge in [-0.3, -0.25) is 0 Å². The number of benzene rings is 3. The lowest BCUT2D eigenvalue weighted by Crippen LogP contribution is -2.21. The van der Waals surface area contributed by atoms with Crippen molar-refractivity contribution in [3.05, 3.63) is 95.8 Å². The van der Waals surface area contributed by atoms with Crippen molar-refractivity contribution < 1.29 is 17.9 Å². The van der Waals surface area contributed by atoms with E-state index in [1.807, 2.05) is 30.3 Å². The van der Waals surface area contributed by atoms with Crippen LogP contribution in [0.3, 0.4) is 0 Å². The molecule has 0 spiro atoms. The van der Waals surface area contributed by atoms with Crippen molar-refractivity contribution >= 4 is 0 Å². The fourth-order valence-corrected chi connectivity index (χ4v) is 5.54. The van der Waals surface area contributed by atoms with E-state index >= 15 is 4.39 Å². The van der Waals surface area contributed by atoms with Gasteiger partial charge < -0.3 is 4.74 Å². The van der Waals surface area contributed by atoms with Crippen LogP contribution in [0.15, 0.2) is 67.3 Å². The third-order valence-corrected chi connectivity index (χ3v) is 7.99. The molecule has 4 rings (SSSR count). The predicted octanol–water partition coefficient (Wildman–Crippen LogP) is 10.8. The van der Waals surface area contributed by atoms with Crippen LogP contribution < -0.4 is 0 Å². The molecule has 2 atom stereocenters. The number of unbranched alkanes of at least 4 members (excludes halogenated alkanes) is 5. The maximum Gasteiger partial charge on any atom is 0.166 e. The van der Waals surface area contributed by atoms with E-state index in [4.69, 9.17) is 4.74 Å². The van der Waals surface area contributed by atoms with E-state index < -0.39 is 11.6 Å². The molecule has 39 heavy (non-hydrogen) atoms. The molecular formula is C35H41F3O. The summed E-state index contributed by atoms with van der Waals surface area (Å²) in [4.78, 5) is 0. The van der Waals surface area contributed by atoms with Crippen molar-refractivity contribution in [3.8, 4) is 22.3 Å². The van der Waals surface area contributed by atoms with E-state index in [-0.39, 0.29) is 17.5 Å². The van der Waals surface area contributed by atoms with Gasteiger partial charge in [-0.15, -0.1) is 6.58 Å². The predicted molar refractivity (Wildman–Crippen MR) is 155 cm³/mol. The molecule has 1 fully saturated rings. The van der Waals surface area contributed by atoms with Gasteiger partial charge in [-0.05, 0) is 72.8 Å². The van der Waals surface area contributed by atoms with E-state index in [2.05, 4.69) is 13.5 Å². The number of halogens is 3. The molecule has 1 saturated heterocycles. The summed E-state index contributed by atoms with van der Waals surface area (Å²) in [5.74, 6) is -1.32. The fraction of sp³-hybridized carbons (Fsp3) is 0.429. The van der Waals surface area contributed by atoms with Crippen LogP contribution in [-0.4, -0.2) is 6.61 Å². The SMILES string of the molecule is C=CCCC1CCC(c2ccc(-c3ccc(-c4ccc(CCCCCCCC)c(F)c4F)cc3)cc2F)OC1. The normalized spacial score (nSPS) is 17.3. The van der Waals surface area contributed by atoms with Crippen LogP contribution in [0.25, 0.3) is 22.3 Å². The van der Waals surface area contributed by atoms with Gasteiger partial charge in [0.25, 0.3) is 0 Å². The van der Waals surface area contributed by atoms with Crippen molar-refractivity contribution in [2.75, 3.05) is 6.61 Å². The summed E-state index contributed by atoms with van der Waals surface area (Å²) in [5, 5.41) is 0. The zero-order valence-corrected chi connectivity index (χ0v) is 23.2. The third kappa shape index (κ3) is 7.63. The molecule has 0 radical (unpaired) electrons. The van der Waals surface area contributed by atoms with Crippen LogP contribution in [-0.2, 0) is 11.2 Å². The first-order chi connectivity index (χ1) is 19.0. The molecule has 0 saturated carbocycles. The summed E-state index contributed by atoms with van der Waals surface area (Å²) >= 11 is 0. The number of hydrogen-bond donors (Lipinski definition) is 0. The average molecular weight is 535 g/mol. The first-order valence-corrected chi connectivity index (χ1v) is 14.6. The van der Waals surface area contributed by atoms with Crippen LogP contribution in [0.1, 0.15) is 88.4 Å². The monoisotopic (exact) mass is 534 g/mol. The largest absolute Gasteiger partial charge is 0.373 e. The second-order valence-electron chi connectivity index (χ2n) is 10.9. The summed E-state index contributed by atoms with van der Waals surface area (Å²) in [5.41, 5.74) is 3.43.